The first-order valence-corrected chi connectivity index (χ1v) is 6.60. The molecule has 0 spiro atoms. The molecular weight excluding hydrogens is 284 g/mol. The molecule has 1 aromatic carbocycles. The molecule has 0 atom stereocenters. The summed E-state index contributed by atoms with van der Waals surface area (Å²) in [4.78, 5) is 32.0. The van der Waals surface area contributed by atoms with Gasteiger partial charge in [0.15, 0.2) is 11.2 Å². The molecule has 3 aromatic rings. The maximum absolute atomic E-state index is 12.0. The summed E-state index contributed by atoms with van der Waals surface area (Å²) in [5, 5.41) is 1.28. The van der Waals surface area contributed by atoms with Crippen LogP contribution in [0, 0.1) is 0 Å². The third-order valence-corrected chi connectivity index (χ3v) is 2.98. The summed E-state index contributed by atoms with van der Waals surface area (Å²) >= 11 is 0. The van der Waals surface area contributed by atoms with Crippen LogP contribution in [0.3, 0.4) is 0 Å². The number of nitrogens with zero attached hydrogens (tertiary/aromatic N) is 4. The van der Waals surface area contributed by atoms with E-state index in [1.165, 1.54) is 24.7 Å². The lowest BCUT2D eigenvalue weighted by molar-refractivity contribution is 0.128. The largest absolute Gasteiger partial charge is 0.288 e. The third kappa shape index (κ3) is 2.92. The molecule has 0 saturated carbocycles. The summed E-state index contributed by atoms with van der Waals surface area (Å²) in [6, 6.07) is 9.78. The number of nitrogens with one attached hydrogen (secondary N) is 2. The average Bonchev–Trinajstić information content (AvgIpc) is 2.56. The van der Waals surface area contributed by atoms with E-state index in [9.17, 15) is 4.79 Å². The van der Waals surface area contributed by atoms with Crippen LogP contribution in [0.15, 0.2) is 47.5 Å². The van der Waals surface area contributed by atoms with Gasteiger partial charge in [0.05, 0.1) is 7.11 Å². The molecule has 0 unspecified atom stereocenters. The Balaban J connectivity index is 1.85. The van der Waals surface area contributed by atoms with Crippen molar-refractivity contribution in [2.75, 3.05) is 12.3 Å². The van der Waals surface area contributed by atoms with Crippen LogP contribution in [0.2, 0.25) is 0 Å². The molecule has 0 aliphatic carbocycles. The molecule has 112 valence electrons. The molecule has 2 aromatic heterocycles. The highest BCUT2D eigenvalue weighted by Gasteiger charge is 2.12. The lowest BCUT2D eigenvalue weighted by Gasteiger charge is -2.20. The van der Waals surface area contributed by atoms with Crippen LogP contribution in [-0.2, 0) is 11.4 Å². The van der Waals surface area contributed by atoms with Crippen molar-refractivity contribution in [3.05, 3.63) is 58.6 Å². The van der Waals surface area contributed by atoms with E-state index in [1.54, 1.807) is 0 Å². The van der Waals surface area contributed by atoms with Gasteiger partial charge in [-0.25, -0.2) is 15.4 Å². The highest BCUT2D eigenvalue weighted by Crippen LogP contribution is 2.07. The number of hydrazine groups is 1. The van der Waals surface area contributed by atoms with Gasteiger partial charge in [-0.05, 0) is 5.56 Å². The minimum absolute atomic E-state index is 0.186. The summed E-state index contributed by atoms with van der Waals surface area (Å²) in [6.07, 6.45) is 2.92. The van der Waals surface area contributed by atoms with Crippen LogP contribution >= 0.6 is 0 Å². The summed E-state index contributed by atoms with van der Waals surface area (Å²) in [6.45, 7) is 0.511. The lowest BCUT2D eigenvalue weighted by Crippen LogP contribution is -2.39. The van der Waals surface area contributed by atoms with Crippen LogP contribution in [-0.4, -0.2) is 27.0 Å². The minimum atomic E-state index is -0.378. The molecular formula is C14H14N6O2. The van der Waals surface area contributed by atoms with E-state index in [4.69, 9.17) is 4.84 Å². The van der Waals surface area contributed by atoms with Crippen molar-refractivity contribution in [1.29, 1.82) is 0 Å². The Morgan fingerprint density at radius 3 is 2.77 bits per heavy atom. The fourth-order valence-corrected chi connectivity index (χ4v) is 1.94. The Morgan fingerprint density at radius 2 is 2.00 bits per heavy atom. The second-order valence-corrected chi connectivity index (χ2v) is 4.42. The van der Waals surface area contributed by atoms with Gasteiger partial charge in [-0.2, -0.15) is 4.98 Å². The zero-order valence-electron chi connectivity index (χ0n) is 11.9. The fraction of sp³-hybridized carbons (Fsp3) is 0.143. The Bertz CT molecular complexity index is 820. The Kier molecular flexibility index (Phi) is 4.03. The van der Waals surface area contributed by atoms with Gasteiger partial charge in [0.25, 0.3) is 5.56 Å². The molecule has 0 saturated heterocycles. The normalized spacial score (nSPS) is 10.8. The van der Waals surface area contributed by atoms with E-state index in [-0.39, 0.29) is 22.7 Å². The van der Waals surface area contributed by atoms with E-state index in [1.807, 2.05) is 30.3 Å². The van der Waals surface area contributed by atoms with Crippen molar-refractivity contribution in [2.24, 2.45) is 0 Å². The summed E-state index contributed by atoms with van der Waals surface area (Å²) < 4.78 is 0. The van der Waals surface area contributed by atoms with Crippen molar-refractivity contribution in [1.82, 2.24) is 25.4 Å². The fourth-order valence-electron chi connectivity index (χ4n) is 1.94. The Morgan fingerprint density at radius 1 is 1.23 bits per heavy atom. The lowest BCUT2D eigenvalue weighted by atomic mass is 10.2. The monoisotopic (exact) mass is 298 g/mol. The zero-order valence-corrected chi connectivity index (χ0v) is 11.9. The Hall–Kier alpha value is -2.84. The highest BCUT2D eigenvalue weighted by atomic mass is 16.7. The number of H-pyrrole nitrogens is 1. The maximum Gasteiger partial charge on any atom is 0.280 e. The quantitative estimate of drug-likeness (QED) is 0.672. The van der Waals surface area contributed by atoms with Gasteiger partial charge in [0, 0.05) is 18.9 Å². The van der Waals surface area contributed by atoms with Crippen molar-refractivity contribution in [3.63, 3.8) is 0 Å². The SMILES string of the molecule is CON(NCc1ccccc1)c1nc2nccnc2c(=O)[nH]1. The van der Waals surface area contributed by atoms with Crippen molar-refractivity contribution < 1.29 is 4.84 Å². The van der Waals surface area contributed by atoms with Crippen LogP contribution in [0.25, 0.3) is 11.2 Å². The standard InChI is InChI=1S/C14H14N6O2/c1-22-20(17-9-10-5-3-2-4-6-10)14-18-12-11(13(21)19-14)15-7-8-16-12/h2-8,17H,9H2,1H3,(H,16,18,19,21). The number of hydrogen-bond acceptors (Lipinski definition) is 7. The van der Waals surface area contributed by atoms with Crippen LogP contribution < -0.4 is 16.2 Å². The van der Waals surface area contributed by atoms with Crippen molar-refractivity contribution in [3.8, 4) is 0 Å². The average molecular weight is 298 g/mol. The number of hydrogen-bond donors (Lipinski definition) is 2. The number of rotatable bonds is 5. The van der Waals surface area contributed by atoms with Gasteiger partial charge in [0.2, 0.25) is 5.95 Å². The molecule has 0 bridgehead atoms. The summed E-state index contributed by atoms with van der Waals surface area (Å²) in [5.74, 6) is 0.205. The highest BCUT2D eigenvalue weighted by molar-refractivity contribution is 5.68. The first-order valence-electron chi connectivity index (χ1n) is 6.60. The zero-order chi connectivity index (χ0) is 15.4. The van der Waals surface area contributed by atoms with Crippen molar-refractivity contribution in [2.45, 2.75) is 6.54 Å². The second kappa shape index (κ2) is 6.29. The van der Waals surface area contributed by atoms with E-state index < -0.39 is 0 Å². The molecule has 22 heavy (non-hydrogen) atoms. The number of aromatic amines is 1. The molecule has 2 heterocycles. The molecule has 0 amide bonds. The van der Waals surface area contributed by atoms with Gasteiger partial charge in [0.1, 0.15) is 0 Å². The third-order valence-electron chi connectivity index (χ3n) is 2.98. The molecule has 0 radical (unpaired) electrons. The van der Waals surface area contributed by atoms with Crippen molar-refractivity contribution >= 4 is 17.1 Å². The van der Waals surface area contributed by atoms with E-state index in [0.29, 0.717) is 6.54 Å². The van der Waals surface area contributed by atoms with E-state index in [0.717, 1.165) is 5.56 Å². The van der Waals surface area contributed by atoms with Gasteiger partial charge in [-0.15, -0.1) is 5.17 Å². The summed E-state index contributed by atoms with van der Waals surface area (Å²) in [5.41, 5.74) is 4.15. The second-order valence-electron chi connectivity index (χ2n) is 4.42. The molecule has 8 heteroatoms. The smallest absolute Gasteiger partial charge is 0.280 e. The van der Waals surface area contributed by atoms with Gasteiger partial charge < -0.3 is 0 Å². The topological polar surface area (TPSA) is 96.0 Å². The number of anilines is 1. The maximum atomic E-state index is 12.0. The van der Waals surface area contributed by atoms with Gasteiger partial charge in [-0.3, -0.25) is 14.6 Å². The predicted octanol–water partition coefficient (Wildman–Crippen LogP) is 0.786. The van der Waals surface area contributed by atoms with Crippen LogP contribution in [0.4, 0.5) is 5.95 Å². The van der Waals surface area contributed by atoms with Crippen LogP contribution in [0.5, 0.6) is 0 Å². The molecule has 0 aliphatic heterocycles. The van der Waals surface area contributed by atoms with Gasteiger partial charge in [-0.1, -0.05) is 30.3 Å². The first-order chi connectivity index (χ1) is 10.8. The number of benzene rings is 1. The minimum Gasteiger partial charge on any atom is -0.288 e. The first kappa shape index (κ1) is 14.1. The van der Waals surface area contributed by atoms with E-state index in [2.05, 4.69) is 25.4 Å². The molecule has 2 N–H and O–H groups in total. The number of fused-ring (bicyclic) bond motifs is 1. The Labute approximate surface area is 125 Å². The van der Waals surface area contributed by atoms with Crippen LogP contribution in [0.1, 0.15) is 5.56 Å². The van der Waals surface area contributed by atoms with Gasteiger partial charge >= 0.3 is 0 Å². The van der Waals surface area contributed by atoms with E-state index >= 15 is 0 Å². The molecule has 0 aliphatic rings. The molecule has 3 rings (SSSR count). The molecule has 0 fully saturated rings. The summed E-state index contributed by atoms with van der Waals surface area (Å²) in [7, 11) is 1.47. The predicted molar refractivity (Wildman–Crippen MR) is 80.7 cm³/mol. The number of aromatic nitrogens is 4. The molecule has 8 nitrogen and oxygen atoms in total.